The molecule has 140 valence electrons. The zero-order chi connectivity index (χ0) is 20.1. The maximum atomic E-state index is 12.4. The van der Waals surface area contributed by atoms with Gasteiger partial charge in [0.25, 0.3) is 5.91 Å². The maximum absolute atomic E-state index is 12.4. The minimum absolute atomic E-state index is 0.103. The predicted octanol–water partition coefficient (Wildman–Crippen LogP) is 5.81. The zero-order valence-corrected chi connectivity index (χ0v) is 16.2. The third-order valence-corrected chi connectivity index (χ3v) is 4.38. The van der Waals surface area contributed by atoms with Crippen LogP contribution >= 0.6 is 23.2 Å². The van der Waals surface area contributed by atoms with Gasteiger partial charge in [-0.2, -0.15) is 5.26 Å². The van der Waals surface area contributed by atoms with Crippen LogP contribution in [0.3, 0.4) is 0 Å². The lowest BCUT2D eigenvalue weighted by molar-refractivity contribution is -0.112. The van der Waals surface area contributed by atoms with Crippen molar-refractivity contribution in [3.63, 3.8) is 0 Å². The summed E-state index contributed by atoms with van der Waals surface area (Å²) < 4.78 is 10.8. The van der Waals surface area contributed by atoms with Crippen LogP contribution in [0.4, 0.5) is 5.69 Å². The number of ether oxygens (including phenoxy) is 1. The van der Waals surface area contributed by atoms with E-state index >= 15 is 0 Å². The molecule has 0 aliphatic heterocycles. The summed E-state index contributed by atoms with van der Waals surface area (Å²) in [6.45, 7) is 0. The van der Waals surface area contributed by atoms with Crippen LogP contribution < -0.4 is 10.1 Å². The fourth-order valence-electron chi connectivity index (χ4n) is 2.43. The Kier molecular flexibility index (Phi) is 6.05. The number of nitrogens with one attached hydrogen (secondary N) is 1. The molecule has 1 amide bonds. The summed E-state index contributed by atoms with van der Waals surface area (Å²) in [5, 5.41) is 13.0. The molecule has 1 N–H and O–H groups in total. The lowest BCUT2D eigenvalue weighted by Crippen LogP contribution is -2.13. The molecule has 0 bridgehead atoms. The number of furan rings is 1. The van der Waals surface area contributed by atoms with Crippen LogP contribution in [0.25, 0.3) is 17.4 Å². The summed E-state index contributed by atoms with van der Waals surface area (Å²) in [6, 6.07) is 17.0. The van der Waals surface area contributed by atoms with Gasteiger partial charge >= 0.3 is 0 Å². The number of hydrogen-bond acceptors (Lipinski definition) is 4. The monoisotopic (exact) mass is 412 g/mol. The number of hydrogen-bond donors (Lipinski definition) is 1. The molecule has 0 aliphatic carbocycles. The summed E-state index contributed by atoms with van der Waals surface area (Å²) in [5.41, 5.74) is 1.06. The van der Waals surface area contributed by atoms with Gasteiger partial charge in [0.15, 0.2) is 0 Å². The Morgan fingerprint density at radius 3 is 2.57 bits per heavy atom. The van der Waals surface area contributed by atoms with Crippen LogP contribution in [0.1, 0.15) is 5.76 Å². The molecular formula is C21H14Cl2N2O3. The first-order chi connectivity index (χ1) is 13.5. The Balaban J connectivity index is 1.80. The van der Waals surface area contributed by atoms with E-state index in [0.717, 1.165) is 0 Å². The Hall–Kier alpha value is -3.20. The molecule has 0 atom stereocenters. The summed E-state index contributed by atoms with van der Waals surface area (Å²) >= 11 is 12.2. The average molecular weight is 413 g/mol. The van der Waals surface area contributed by atoms with Crippen molar-refractivity contribution >= 4 is 40.9 Å². The molecule has 1 heterocycles. The summed E-state index contributed by atoms with van der Waals surface area (Å²) in [6.07, 6.45) is 1.36. The lowest BCUT2D eigenvalue weighted by atomic mass is 10.2. The number of carbonyl (C=O) groups excluding carboxylic acids is 1. The van der Waals surface area contributed by atoms with E-state index in [1.165, 1.54) is 6.08 Å². The lowest BCUT2D eigenvalue weighted by Gasteiger charge is -2.05. The normalized spacial score (nSPS) is 11.0. The molecule has 7 heteroatoms. The van der Waals surface area contributed by atoms with Crippen LogP contribution in [0.5, 0.6) is 5.75 Å². The smallest absolute Gasteiger partial charge is 0.266 e. The van der Waals surface area contributed by atoms with Crippen LogP contribution in [0, 0.1) is 11.3 Å². The second-order valence-corrected chi connectivity index (χ2v) is 6.52. The molecule has 3 rings (SSSR count). The quantitative estimate of drug-likeness (QED) is 0.423. The average Bonchev–Trinajstić information content (AvgIpc) is 3.17. The standard InChI is InChI=1S/C21H14Cl2N2O3/c1-27-16-5-3-15(4-6-16)25-21(26)13(12-24)10-17-7-9-20(28-17)18-11-14(22)2-8-19(18)23/h2-11H,1H3,(H,25,26)/b13-10-. The van der Waals surface area contributed by atoms with Gasteiger partial charge in [0.2, 0.25) is 0 Å². The van der Waals surface area contributed by atoms with Crippen molar-refractivity contribution in [3.8, 4) is 23.1 Å². The van der Waals surface area contributed by atoms with E-state index < -0.39 is 5.91 Å². The first-order valence-electron chi connectivity index (χ1n) is 8.12. The van der Waals surface area contributed by atoms with Gasteiger partial charge in [-0.15, -0.1) is 0 Å². The van der Waals surface area contributed by atoms with Crippen molar-refractivity contribution < 1.29 is 13.9 Å². The van der Waals surface area contributed by atoms with Gasteiger partial charge in [0.1, 0.15) is 28.9 Å². The molecule has 0 radical (unpaired) electrons. The van der Waals surface area contributed by atoms with Crippen molar-refractivity contribution in [3.05, 3.63) is 76.0 Å². The molecule has 0 unspecified atom stereocenters. The number of halogens is 2. The SMILES string of the molecule is COc1ccc(NC(=O)/C(C#N)=C\c2ccc(-c3cc(Cl)ccc3Cl)o2)cc1. The summed E-state index contributed by atoms with van der Waals surface area (Å²) in [5.74, 6) is 0.933. The summed E-state index contributed by atoms with van der Waals surface area (Å²) in [7, 11) is 1.55. The number of anilines is 1. The highest BCUT2D eigenvalue weighted by Crippen LogP contribution is 2.32. The van der Waals surface area contributed by atoms with Crippen molar-refractivity contribution in [1.29, 1.82) is 5.26 Å². The van der Waals surface area contributed by atoms with E-state index in [1.54, 1.807) is 61.7 Å². The molecule has 28 heavy (non-hydrogen) atoms. The number of carbonyl (C=O) groups is 1. The number of nitriles is 1. The van der Waals surface area contributed by atoms with Gasteiger partial charge in [0, 0.05) is 22.3 Å². The molecule has 3 aromatic rings. The van der Waals surface area contributed by atoms with Gasteiger partial charge in [0.05, 0.1) is 12.1 Å². The maximum Gasteiger partial charge on any atom is 0.266 e. The van der Waals surface area contributed by atoms with Crippen LogP contribution in [0.15, 0.2) is 64.6 Å². The van der Waals surface area contributed by atoms with Gasteiger partial charge < -0.3 is 14.5 Å². The number of nitrogens with zero attached hydrogens (tertiary/aromatic N) is 1. The van der Waals surface area contributed by atoms with Crippen LogP contribution in [-0.2, 0) is 4.79 Å². The van der Waals surface area contributed by atoms with Crippen molar-refractivity contribution in [2.24, 2.45) is 0 Å². The minimum atomic E-state index is -0.550. The fraction of sp³-hybridized carbons (Fsp3) is 0.0476. The van der Waals surface area contributed by atoms with Gasteiger partial charge in [-0.1, -0.05) is 23.2 Å². The van der Waals surface area contributed by atoms with E-state index in [2.05, 4.69) is 5.32 Å². The van der Waals surface area contributed by atoms with Gasteiger partial charge in [-0.05, 0) is 54.6 Å². The Morgan fingerprint density at radius 1 is 1.14 bits per heavy atom. The molecule has 0 saturated heterocycles. The van der Waals surface area contributed by atoms with Crippen molar-refractivity contribution in [1.82, 2.24) is 0 Å². The van der Waals surface area contributed by atoms with Gasteiger partial charge in [-0.25, -0.2) is 0 Å². The van der Waals surface area contributed by atoms with Crippen LogP contribution in [0.2, 0.25) is 10.0 Å². The van der Waals surface area contributed by atoms with E-state index in [1.807, 2.05) is 6.07 Å². The van der Waals surface area contributed by atoms with E-state index in [-0.39, 0.29) is 5.57 Å². The number of amides is 1. The number of rotatable bonds is 5. The molecule has 0 saturated carbocycles. The largest absolute Gasteiger partial charge is 0.497 e. The minimum Gasteiger partial charge on any atom is -0.497 e. The first-order valence-corrected chi connectivity index (χ1v) is 8.88. The van der Waals surface area contributed by atoms with E-state index in [4.69, 9.17) is 32.4 Å². The Morgan fingerprint density at radius 2 is 1.89 bits per heavy atom. The summed E-state index contributed by atoms with van der Waals surface area (Å²) in [4.78, 5) is 12.4. The molecule has 0 spiro atoms. The third-order valence-electron chi connectivity index (χ3n) is 3.82. The van der Waals surface area contributed by atoms with E-state index in [0.29, 0.717) is 38.6 Å². The molecular weight excluding hydrogens is 399 g/mol. The van der Waals surface area contributed by atoms with Crippen molar-refractivity contribution in [2.75, 3.05) is 12.4 Å². The predicted molar refractivity (Wildman–Crippen MR) is 109 cm³/mol. The molecule has 1 aromatic heterocycles. The highest BCUT2D eigenvalue weighted by atomic mass is 35.5. The van der Waals surface area contributed by atoms with E-state index in [9.17, 15) is 10.1 Å². The second kappa shape index (κ2) is 8.66. The molecule has 0 aliphatic rings. The topological polar surface area (TPSA) is 75.3 Å². The second-order valence-electron chi connectivity index (χ2n) is 5.68. The van der Waals surface area contributed by atoms with Crippen LogP contribution in [-0.4, -0.2) is 13.0 Å². The number of methoxy groups -OCH3 is 1. The van der Waals surface area contributed by atoms with Gasteiger partial charge in [-0.3, -0.25) is 4.79 Å². The zero-order valence-electron chi connectivity index (χ0n) is 14.7. The highest BCUT2D eigenvalue weighted by molar-refractivity contribution is 6.35. The fourth-order valence-corrected chi connectivity index (χ4v) is 2.81. The first kappa shape index (κ1) is 19.6. The Bertz CT molecular complexity index is 1080. The Labute approximate surface area is 171 Å². The third kappa shape index (κ3) is 4.55. The van der Waals surface area contributed by atoms with Crippen molar-refractivity contribution in [2.45, 2.75) is 0 Å². The molecule has 5 nitrogen and oxygen atoms in total. The highest BCUT2D eigenvalue weighted by Gasteiger charge is 2.13. The number of benzene rings is 2. The molecule has 0 fully saturated rings. The molecule has 2 aromatic carbocycles.